The lowest BCUT2D eigenvalue weighted by Gasteiger charge is -2.13. The Labute approximate surface area is 125 Å². The summed E-state index contributed by atoms with van der Waals surface area (Å²) in [6, 6.07) is 7.55. The zero-order chi connectivity index (χ0) is 15.2. The van der Waals surface area contributed by atoms with Gasteiger partial charge >= 0.3 is 5.97 Å². The van der Waals surface area contributed by atoms with Gasteiger partial charge in [0.05, 0.1) is 11.7 Å². The van der Waals surface area contributed by atoms with Crippen molar-refractivity contribution < 1.29 is 9.53 Å². The molecule has 112 valence electrons. The number of hydrogen-bond donors (Lipinski definition) is 0. The normalized spacial score (nSPS) is 12.4. The van der Waals surface area contributed by atoms with Crippen LogP contribution in [0.4, 0.5) is 0 Å². The van der Waals surface area contributed by atoms with Gasteiger partial charge in [0.1, 0.15) is 6.10 Å². The fourth-order valence-corrected chi connectivity index (χ4v) is 2.21. The fourth-order valence-electron chi connectivity index (χ4n) is 2.21. The number of pyridine rings is 1. The summed E-state index contributed by atoms with van der Waals surface area (Å²) >= 11 is 0. The number of carbonyl (C=O) groups is 1. The minimum Gasteiger partial charge on any atom is -0.451 e. The van der Waals surface area contributed by atoms with Crippen LogP contribution in [0.15, 0.2) is 36.7 Å². The van der Waals surface area contributed by atoms with Crippen LogP contribution in [-0.4, -0.2) is 20.7 Å². The van der Waals surface area contributed by atoms with Gasteiger partial charge in [-0.15, -0.1) is 0 Å². The Hall–Kier alpha value is -2.17. The van der Waals surface area contributed by atoms with Crippen LogP contribution in [0.25, 0.3) is 0 Å². The molecule has 0 saturated heterocycles. The van der Waals surface area contributed by atoms with Crippen LogP contribution in [0.3, 0.4) is 0 Å². The average Bonchev–Trinajstić information content (AvgIpc) is 2.99. The third-order valence-electron chi connectivity index (χ3n) is 3.52. The second-order valence-electron chi connectivity index (χ2n) is 4.95. The number of carbonyl (C=O) groups excluding carboxylic acids is 1. The maximum Gasteiger partial charge on any atom is 0.359 e. The van der Waals surface area contributed by atoms with Gasteiger partial charge in [0.25, 0.3) is 0 Å². The van der Waals surface area contributed by atoms with Gasteiger partial charge in [-0.1, -0.05) is 19.9 Å². The molecular weight excluding hydrogens is 266 g/mol. The summed E-state index contributed by atoms with van der Waals surface area (Å²) in [5.74, 6) is -0.419. The molecule has 0 aliphatic heterocycles. The molecule has 0 bridgehead atoms. The van der Waals surface area contributed by atoms with E-state index >= 15 is 0 Å². The quantitative estimate of drug-likeness (QED) is 0.762. The third kappa shape index (κ3) is 3.68. The number of ether oxygens (including phenoxy) is 1. The van der Waals surface area contributed by atoms with Crippen molar-refractivity contribution in [1.82, 2.24) is 14.8 Å². The highest BCUT2D eigenvalue weighted by atomic mass is 16.5. The number of esters is 1. The molecule has 1 atom stereocenters. The molecule has 2 heterocycles. The highest BCUT2D eigenvalue weighted by Crippen LogP contribution is 2.18. The zero-order valence-corrected chi connectivity index (χ0v) is 12.7. The monoisotopic (exact) mass is 287 g/mol. The Morgan fingerprint density at radius 2 is 2.05 bits per heavy atom. The molecule has 2 aromatic rings. The standard InChI is InChI=1S/C16H21N3O2/c1-4-13(5-2)19-11-9-15(18-19)16(20)21-12(3)14-8-6-7-10-17-14/h6-13H,4-5H2,1-3H3/t12-/m0/s1. The molecule has 5 heteroatoms. The fraction of sp³-hybridized carbons (Fsp3) is 0.438. The molecule has 0 fully saturated rings. The number of rotatable bonds is 6. The number of hydrogen-bond acceptors (Lipinski definition) is 4. The third-order valence-corrected chi connectivity index (χ3v) is 3.52. The number of nitrogens with zero attached hydrogens (tertiary/aromatic N) is 3. The average molecular weight is 287 g/mol. The summed E-state index contributed by atoms with van der Waals surface area (Å²) in [6.45, 7) is 6.02. The van der Waals surface area contributed by atoms with Crippen molar-refractivity contribution >= 4 is 5.97 Å². The van der Waals surface area contributed by atoms with Crippen molar-refractivity contribution in [3.05, 3.63) is 48.0 Å². The minimum absolute atomic E-state index is 0.319. The van der Waals surface area contributed by atoms with E-state index in [1.54, 1.807) is 19.2 Å². The molecule has 0 aliphatic carbocycles. The van der Waals surface area contributed by atoms with Gasteiger partial charge in [-0.25, -0.2) is 4.79 Å². The predicted octanol–water partition coefficient (Wildman–Crippen LogP) is 3.56. The highest BCUT2D eigenvalue weighted by molar-refractivity contribution is 5.87. The molecule has 0 radical (unpaired) electrons. The minimum atomic E-state index is -0.419. The number of aromatic nitrogens is 3. The Morgan fingerprint density at radius 1 is 1.29 bits per heavy atom. The van der Waals surface area contributed by atoms with E-state index in [-0.39, 0.29) is 0 Å². The lowest BCUT2D eigenvalue weighted by Crippen LogP contribution is -2.13. The topological polar surface area (TPSA) is 57.0 Å². The molecular formula is C16H21N3O2. The summed E-state index contributed by atoms with van der Waals surface area (Å²) < 4.78 is 7.24. The van der Waals surface area contributed by atoms with Gasteiger partial charge in [0, 0.05) is 12.4 Å². The van der Waals surface area contributed by atoms with Crippen LogP contribution in [0.1, 0.15) is 61.9 Å². The van der Waals surface area contributed by atoms with Gasteiger partial charge < -0.3 is 4.74 Å². The first-order valence-electron chi connectivity index (χ1n) is 7.32. The van der Waals surface area contributed by atoms with E-state index in [0.717, 1.165) is 18.5 Å². The van der Waals surface area contributed by atoms with Crippen molar-refractivity contribution in [2.75, 3.05) is 0 Å². The first kappa shape index (κ1) is 15.2. The molecule has 0 amide bonds. The van der Waals surface area contributed by atoms with E-state index in [1.165, 1.54) is 0 Å². The molecule has 21 heavy (non-hydrogen) atoms. The summed E-state index contributed by atoms with van der Waals surface area (Å²) in [5, 5.41) is 4.32. The second-order valence-corrected chi connectivity index (χ2v) is 4.95. The maximum atomic E-state index is 12.1. The van der Waals surface area contributed by atoms with Crippen molar-refractivity contribution in [3.8, 4) is 0 Å². The van der Waals surface area contributed by atoms with E-state index in [0.29, 0.717) is 11.7 Å². The first-order valence-corrected chi connectivity index (χ1v) is 7.32. The Morgan fingerprint density at radius 3 is 2.67 bits per heavy atom. The van der Waals surface area contributed by atoms with Crippen molar-refractivity contribution in [2.24, 2.45) is 0 Å². The molecule has 0 spiro atoms. The smallest absolute Gasteiger partial charge is 0.359 e. The predicted molar refractivity (Wildman–Crippen MR) is 79.9 cm³/mol. The van der Waals surface area contributed by atoms with E-state index < -0.39 is 12.1 Å². The van der Waals surface area contributed by atoms with Crippen LogP contribution < -0.4 is 0 Å². The van der Waals surface area contributed by atoms with Crippen molar-refractivity contribution in [1.29, 1.82) is 0 Å². The molecule has 0 saturated carbocycles. The maximum absolute atomic E-state index is 12.1. The largest absolute Gasteiger partial charge is 0.451 e. The Bertz CT molecular complexity index is 576. The van der Waals surface area contributed by atoms with Gasteiger partial charge in [-0.2, -0.15) is 5.10 Å². The van der Waals surface area contributed by atoms with Crippen LogP contribution in [0.5, 0.6) is 0 Å². The highest BCUT2D eigenvalue weighted by Gasteiger charge is 2.18. The molecule has 2 rings (SSSR count). The van der Waals surface area contributed by atoms with Gasteiger partial charge in [0.2, 0.25) is 0 Å². The lowest BCUT2D eigenvalue weighted by molar-refractivity contribution is 0.0321. The van der Waals surface area contributed by atoms with Crippen molar-refractivity contribution in [2.45, 2.75) is 45.8 Å². The first-order chi connectivity index (χ1) is 10.2. The van der Waals surface area contributed by atoms with E-state index in [9.17, 15) is 4.79 Å². The van der Waals surface area contributed by atoms with Crippen molar-refractivity contribution in [3.63, 3.8) is 0 Å². The van der Waals surface area contributed by atoms with Gasteiger partial charge in [-0.3, -0.25) is 9.67 Å². The lowest BCUT2D eigenvalue weighted by atomic mass is 10.2. The summed E-state index contributed by atoms with van der Waals surface area (Å²) in [4.78, 5) is 16.3. The molecule has 0 N–H and O–H groups in total. The molecule has 0 aliphatic rings. The zero-order valence-electron chi connectivity index (χ0n) is 12.7. The van der Waals surface area contributed by atoms with Gasteiger partial charge in [-0.05, 0) is 38.0 Å². The summed E-state index contributed by atoms with van der Waals surface area (Å²) in [5.41, 5.74) is 1.06. The SMILES string of the molecule is CCC(CC)n1ccc(C(=O)O[C@@H](C)c2ccccn2)n1. The molecule has 2 aromatic heterocycles. The Balaban J connectivity index is 2.04. The Kier molecular flexibility index (Phi) is 5.09. The molecule has 0 aromatic carbocycles. The van der Waals surface area contributed by atoms with Crippen LogP contribution >= 0.6 is 0 Å². The van der Waals surface area contributed by atoms with E-state index in [1.807, 2.05) is 29.1 Å². The molecule has 0 unspecified atom stereocenters. The van der Waals surface area contributed by atoms with E-state index in [4.69, 9.17) is 4.74 Å². The van der Waals surface area contributed by atoms with Crippen LogP contribution in [-0.2, 0) is 4.74 Å². The summed E-state index contributed by atoms with van der Waals surface area (Å²) in [6.07, 6.45) is 5.09. The van der Waals surface area contributed by atoms with Crippen LogP contribution in [0.2, 0.25) is 0 Å². The molecule has 5 nitrogen and oxygen atoms in total. The van der Waals surface area contributed by atoms with Crippen LogP contribution in [0, 0.1) is 0 Å². The van der Waals surface area contributed by atoms with Gasteiger partial charge in [0.15, 0.2) is 5.69 Å². The second kappa shape index (κ2) is 7.02. The summed E-state index contributed by atoms with van der Waals surface area (Å²) in [7, 11) is 0. The van der Waals surface area contributed by atoms with E-state index in [2.05, 4.69) is 23.9 Å².